The number of nitrogens with zero attached hydrogens (tertiary/aromatic N) is 1. The predicted molar refractivity (Wildman–Crippen MR) is 76.8 cm³/mol. The summed E-state index contributed by atoms with van der Waals surface area (Å²) in [5.74, 6) is 2.87. The molecule has 2 bridgehead atoms. The van der Waals surface area contributed by atoms with Crippen LogP contribution in [0, 0.1) is 17.8 Å². The van der Waals surface area contributed by atoms with Gasteiger partial charge in [0.15, 0.2) is 0 Å². The van der Waals surface area contributed by atoms with Gasteiger partial charge in [0.1, 0.15) is 0 Å². The van der Waals surface area contributed by atoms with E-state index < -0.39 is 0 Å². The molecule has 1 N–H and O–H groups in total. The first-order valence-electron chi connectivity index (χ1n) is 8.24. The Morgan fingerprint density at radius 1 is 1.21 bits per heavy atom. The van der Waals surface area contributed by atoms with E-state index in [1.54, 1.807) is 0 Å². The molecule has 0 radical (unpaired) electrons. The number of piperidine rings is 1. The molecule has 3 nitrogen and oxygen atoms in total. The molecule has 4 atom stereocenters. The molecule has 3 aliphatic rings. The molecule has 0 aromatic carbocycles. The first-order valence-corrected chi connectivity index (χ1v) is 8.24. The molecule has 0 aromatic heterocycles. The van der Waals surface area contributed by atoms with Crippen LogP contribution in [-0.2, 0) is 4.79 Å². The number of carbonyl (C=O) groups is 1. The molecule has 0 unspecified atom stereocenters. The third kappa shape index (κ3) is 3.13. The average Bonchev–Trinajstić information content (AvgIpc) is 3.02. The van der Waals surface area contributed by atoms with Gasteiger partial charge in [-0.25, -0.2) is 0 Å². The van der Waals surface area contributed by atoms with E-state index in [4.69, 9.17) is 0 Å². The minimum absolute atomic E-state index is 0.247. The van der Waals surface area contributed by atoms with Gasteiger partial charge in [0.2, 0.25) is 5.91 Å². The second kappa shape index (κ2) is 5.82. The fraction of sp³-hybridized carbons (Fsp3) is 0.938. The van der Waals surface area contributed by atoms with Gasteiger partial charge in [0, 0.05) is 6.04 Å². The maximum Gasteiger partial charge on any atom is 0.234 e. The van der Waals surface area contributed by atoms with E-state index in [0.29, 0.717) is 12.6 Å². The van der Waals surface area contributed by atoms with Crippen LogP contribution in [0.3, 0.4) is 0 Å². The van der Waals surface area contributed by atoms with Crippen LogP contribution in [-0.4, -0.2) is 36.5 Å². The van der Waals surface area contributed by atoms with Crippen molar-refractivity contribution in [1.82, 2.24) is 10.2 Å². The van der Waals surface area contributed by atoms with Crippen LogP contribution in [0.5, 0.6) is 0 Å². The number of nitrogens with one attached hydrogen (secondary N) is 1. The van der Waals surface area contributed by atoms with Crippen LogP contribution in [0.25, 0.3) is 0 Å². The predicted octanol–water partition coefficient (Wildman–Crippen LogP) is 2.41. The van der Waals surface area contributed by atoms with Crippen LogP contribution < -0.4 is 5.32 Å². The molecule has 1 saturated heterocycles. The Labute approximate surface area is 117 Å². The number of amides is 1. The minimum atomic E-state index is 0.247. The van der Waals surface area contributed by atoms with E-state index in [9.17, 15) is 4.79 Å². The van der Waals surface area contributed by atoms with Gasteiger partial charge in [0.25, 0.3) is 0 Å². The molecule has 1 heterocycles. The number of fused-ring (bicyclic) bond motifs is 2. The molecule has 19 heavy (non-hydrogen) atoms. The van der Waals surface area contributed by atoms with Crippen molar-refractivity contribution < 1.29 is 4.79 Å². The number of carbonyl (C=O) groups excluding carboxylic acids is 1. The Morgan fingerprint density at radius 2 is 2.00 bits per heavy atom. The number of hydrogen-bond donors (Lipinski definition) is 1. The van der Waals surface area contributed by atoms with Crippen LogP contribution in [0.4, 0.5) is 0 Å². The summed E-state index contributed by atoms with van der Waals surface area (Å²) < 4.78 is 0. The summed E-state index contributed by atoms with van der Waals surface area (Å²) in [6.45, 7) is 5.05. The number of likely N-dealkylation sites (tertiary alicyclic amines) is 1. The highest BCUT2D eigenvalue weighted by atomic mass is 16.2. The van der Waals surface area contributed by atoms with Crippen molar-refractivity contribution in [1.29, 1.82) is 0 Å². The zero-order chi connectivity index (χ0) is 13.2. The zero-order valence-electron chi connectivity index (χ0n) is 12.2. The van der Waals surface area contributed by atoms with Crippen molar-refractivity contribution in [3.63, 3.8) is 0 Å². The van der Waals surface area contributed by atoms with Gasteiger partial charge in [-0.05, 0) is 69.9 Å². The van der Waals surface area contributed by atoms with Crippen LogP contribution >= 0.6 is 0 Å². The lowest BCUT2D eigenvalue weighted by Gasteiger charge is -2.30. The van der Waals surface area contributed by atoms with Crippen molar-refractivity contribution >= 4 is 5.91 Å². The lowest BCUT2D eigenvalue weighted by molar-refractivity contribution is -0.123. The number of rotatable bonds is 4. The van der Waals surface area contributed by atoms with Crippen LogP contribution in [0.15, 0.2) is 0 Å². The van der Waals surface area contributed by atoms with Gasteiger partial charge in [0.05, 0.1) is 6.54 Å². The topological polar surface area (TPSA) is 32.3 Å². The van der Waals surface area contributed by atoms with Crippen molar-refractivity contribution in [2.24, 2.45) is 17.8 Å². The van der Waals surface area contributed by atoms with Crippen molar-refractivity contribution in [2.45, 2.75) is 57.9 Å². The van der Waals surface area contributed by atoms with E-state index >= 15 is 0 Å². The molecular weight excluding hydrogens is 236 g/mol. The maximum absolute atomic E-state index is 12.1. The molecular formula is C16H28N2O. The smallest absolute Gasteiger partial charge is 0.234 e. The highest BCUT2D eigenvalue weighted by molar-refractivity contribution is 5.78. The van der Waals surface area contributed by atoms with E-state index in [-0.39, 0.29) is 5.91 Å². The first-order chi connectivity index (χ1) is 9.22. The van der Waals surface area contributed by atoms with Gasteiger partial charge in [-0.1, -0.05) is 12.8 Å². The molecule has 3 heteroatoms. The summed E-state index contributed by atoms with van der Waals surface area (Å²) in [5.41, 5.74) is 0. The summed E-state index contributed by atoms with van der Waals surface area (Å²) in [6, 6.07) is 0.382. The second-order valence-electron chi connectivity index (χ2n) is 7.03. The van der Waals surface area contributed by atoms with Gasteiger partial charge in [-0.3, -0.25) is 9.69 Å². The van der Waals surface area contributed by atoms with Crippen LogP contribution in [0.2, 0.25) is 0 Å². The third-order valence-electron chi connectivity index (χ3n) is 5.64. The van der Waals surface area contributed by atoms with Crippen molar-refractivity contribution in [2.75, 3.05) is 19.6 Å². The van der Waals surface area contributed by atoms with Crippen LogP contribution in [0.1, 0.15) is 51.9 Å². The van der Waals surface area contributed by atoms with Crippen molar-refractivity contribution in [3.8, 4) is 0 Å². The fourth-order valence-corrected chi connectivity index (χ4v) is 4.63. The molecule has 0 aromatic rings. The van der Waals surface area contributed by atoms with Crippen molar-refractivity contribution in [3.05, 3.63) is 0 Å². The fourth-order valence-electron chi connectivity index (χ4n) is 4.63. The monoisotopic (exact) mass is 264 g/mol. The van der Waals surface area contributed by atoms with E-state index in [1.807, 2.05) is 0 Å². The van der Waals surface area contributed by atoms with Gasteiger partial charge < -0.3 is 5.32 Å². The Bertz CT molecular complexity index is 325. The highest BCUT2D eigenvalue weighted by Crippen LogP contribution is 2.49. The van der Waals surface area contributed by atoms with Gasteiger partial charge in [-0.2, -0.15) is 0 Å². The quantitative estimate of drug-likeness (QED) is 0.845. The van der Waals surface area contributed by atoms with E-state index in [1.165, 1.54) is 44.9 Å². The minimum Gasteiger partial charge on any atom is -0.352 e. The molecule has 2 saturated carbocycles. The molecule has 2 aliphatic carbocycles. The molecule has 1 aliphatic heterocycles. The lowest BCUT2D eigenvalue weighted by Crippen LogP contribution is -2.45. The standard InChI is InChI=1S/C16H28N2O/c1-12(15-10-13-5-6-14(15)9-13)17-16(19)11-18-7-3-2-4-8-18/h12-15H,2-11H2,1H3,(H,17,19)/t12-,13-,14+,15+/m1/s1. The normalized spacial score (nSPS) is 36.4. The number of hydrogen-bond acceptors (Lipinski definition) is 2. The Hall–Kier alpha value is -0.570. The molecule has 3 rings (SSSR count). The average molecular weight is 264 g/mol. The van der Waals surface area contributed by atoms with E-state index in [0.717, 1.165) is 30.8 Å². The highest BCUT2D eigenvalue weighted by Gasteiger charge is 2.42. The molecule has 3 fully saturated rings. The van der Waals surface area contributed by atoms with Gasteiger partial charge >= 0.3 is 0 Å². The Balaban J connectivity index is 1.43. The molecule has 108 valence electrons. The Kier molecular flexibility index (Phi) is 4.11. The summed E-state index contributed by atoms with van der Waals surface area (Å²) in [5, 5.41) is 3.27. The lowest BCUT2D eigenvalue weighted by atomic mass is 9.84. The summed E-state index contributed by atoms with van der Waals surface area (Å²) in [7, 11) is 0. The largest absolute Gasteiger partial charge is 0.352 e. The zero-order valence-corrected chi connectivity index (χ0v) is 12.2. The summed E-state index contributed by atoms with van der Waals surface area (Å²) >= 11 is 0. The second-order valence-corrected chi connectivity index (χ2v) is 7.03. The molecule has 0 spiro atoms. The van der Waals surface area contributed by atoms with Gasteiger partial charge in [-0.15, -0.1) is 0 Å². The molecule has 1 amide bonds. The summed E-state index contributed by atoms with van der Waals surface area (Å²) in [4.78, 5) is 14.4. The third-order valence-corrected chi connectivity index (χ3v) is 5.64. The Morgan fingerprint density at radius 3 is 2.63 bits per heavy atom. The SMILES string of the molecule is C[C@@H](NC(=O)CN1CCCCC1)[C@@H]1C[C@@H]2CC[C@H]1C2. The first kappa shape index (κ1) is 13.4. The van der Waals surface area contributed by atoms with E-state index in [2.05, 4.69) is 17.1 Å². The maximum atomic E-state index is 12.1. The summed E-state index contributed by atoms with van der Waals surface area (Å²) in [6.07, 6.45) is 9.48.